The first-order valence-corrected chi connectivity index (χ1v) is 7.30. The fourth-order valence-corrected chi connectivity index (χ4v) is 3.35. The van der Waals surface area contributed by atoms with Gasteiger partial charge in [-0.25, -0.2) is 0 Å². The van der Waals surface area contributed by atoms with Gasteiger partial charge >= 0.3 is 0 Å². The van der Waals surface area contributed by atoms with E-state index in [1.54, 1.807) is 0 Å². The fourth-order valence-electron chi connectivity index (χ4n) is 3.35. The predicted octanol–water partition coefficient (Wildman–Crippen LogP) is 2.21. The lowest BCUT2D eigenvalue weighted by atomic mass is 9.76. The molecule has 3 rings (SSSR count). The van der Waals surface area contributed by atoms with Crippen LogP contribution in [0.25, 0.3) is 0 Å². The van der Waals surface area contributed by atoms with Gasteiger partial charge in [0.25, 0.3) is 0 Å². The van der Waals surface area contributed by atoms with Gasteiger partial charge in [-0.3, -0.25) is 4.79 Å². The largest absolute Gasteiger partial charge is 0.342 e. The van der Waals surface area contributed by atoms with Gasteiger partial charge < -0.3 is 10.2 Å². The highest BCUT2D eigenvalue weighted by molar-refractivity contribution is 5.87. The van der Waals surface area contributed by atoms with Crippen molar-refractivity contribution in [2.24, 2.45) is 5.92 Å². The Labute approximate surface area is 127 Å². The average Bonchev–Trinajstić information content (AvgIpc) is 2.41. The van der Waals surface area contributed by atoms with Crippen molar-refractivity contribution in [1.82, 2.24) is 10.2 Å². The van der Waals surface area contributed by atoms with Crippen molar-refractivity contribution in [3.8, 4) is 0 Å². The first-order valence-electron chi connectivity index (χ1n) is 7.30. The Bertz CT molecular complexity index is 469. The minimum absolute atomic E-state index is 0. The number of likely N-dealkylation sites (tertiary alicyclic amines) is 1. The topological polar surface area (TPSA) is 32.3 Å². The van der Waals surface area contributed by atoms with Crippen LogP contribution in [-0.2, 0) is 11.2 Å². The van der Waals surface area contributed by atoms with Crippen molar-refractivity contribution in [1.29, 1.82) is 0 Å². The molecule has 0 bridgehead atoms. The molecule has 4 heteroatoms. The highest BCUT2D eigenvalue weighted by Crippen LogP contribution is 2.36. The summed E-state index contributed by atoms with van der Waals surface area (Å²) in [6.07, 6.45) is 3.22. The minimum Gasteiger partial charge on any atom is -0.342 e. The summed E-state index contributed by atoms with van der Waals surface area (Å²) < 4.78 is 0. The number of hydrogen-bond donors (Lipinski definition) is 1. The van der Waals surface area contributed by atoms with E-state index in [4.69, 9.17) is 0 Å². The van der Waals surface area contributed by atoms with E-state index in [-0.39, 0.29) is 18.3 Å². The van der Waals surface area contributed by atoms with Gasteiger partial charge in [0.05, 0.1) is 5.92 Å². The summed E-state index contributed by atoms with van der Waals surface area (Å²) in [7, 11) is 2.00. The molecule has 1 heterocycles. The van der Waals surface area contributed by atoms with Crippen molar-refractivity contribution in [2.45, 2.75) is 25.2 Å². The quantitative estimate of drug-likeness (QED) is 0.927. The van der Waals surface area contributed by atoms with Crippen LogP contribution in [0.15, 0.2) is 24.3 Å². The van der Waals surface area contributed by atoms with E-state index >= 15 is 0 Å². The van der Waals surface area contributed by atoms with E-state index in [1.807, 2.05) is 13.1 Å². The zero-order valence-corrected chi connectivity index (χ0v) is 12.8. The first kappa shape index (κ1) is 15.3. The van der Waals surface area contributed by atoms with Gasteiger partial charge in [0.2, 0.25) is 5.91 Å². The number of nitrogens with one attached hydrogen (secondary N) is 1. The van der Waals surface area contributed by atoms with Crippen molar-refractivity contribution in [3.05, 3.63) is 35.4 Å². The molecule has 1 fully saturated rings. The van der Waals surface area contributed by atoms with Crippen LogP contribution in [0.4, 0.5) is 0 Å². The van der Waals surface area contributed by atoms with E-state index in [2.05, 4.69) is 28.4 Å². The molecule has 110 valence electrons. The summed E-state index contributed by atoms with van der Waals surface area (Å²) >= 11 is 0. The third-order valence-corrected chi connectivity index (χ3v) is 4.57. The Morgan fingerprint density at radius 1 is 1.30 bits per heavy atom. The smallest absolute Gasteiger partial charge is 0.230 e. The predicted molar refractivity (Wildman–Crippen MR) is 83.4 cm³/mol. The van der Waals surface area contributed by atoms with Crippen molar-refractivity contribution >= 4 is 18.3 Å². The number of carbonyl (C=O) groups is 1. The Hall–Kier alpha value is -1.06. The molecule has 1 unspecified atom stereocenters. The third kappa shape index (κ3) is 2.84. The number of amides is 1. The van der Waals surface area contributed by atoms with Gasteiger partial charge in [-0.15, -0.1) is 12.4 Å². The van der Waals surface area contributed by atoms with Crippen LogP contribution in [0, 0.1) is 5.92 Å². The normalized spacial score (nSPS) is 21.6. The minimum atomic E-state index is 0. The molecule has 0 spiro atoms. The zero-order valence-electron chi connectivity index (χ0n) is 12.0. The lowest BCUT2D eigenvalue weighted by Gasteiger charge is -2.37. The van der Waals surface area contributed by atoms with Crippen LogP contribution in [0.3, 0.4) is 0 Å². The van der Waals surface area contributed by atoms with E-state index in [0.717, 1.165) is 44.8 Å². The molecule has 2 aliphatic rings. The number of carbonyl (C=O) groups excluding carboxylic acids is 1. The second-order valence-corrected chi connectivity index (χ2v) is 5.78. The Balaban J connectivity index is 0.00000147. The molecule has 1 aliphatic carbocycles. The molecule has 1 amide bonds. The summed E-state index contributed by atoms with van der Waals surface area (Å²) in [4.78, 5) is 14.6. The van der Waals surface area contributed by atoms with Crippen molar-refractivity contribution in [3.63, 3.8) is 0 Å². The average molecular weight is 295 g/mol. The summed E-state index contributed by atoms with van der Waals surface area (Å²) in [5.74, 6) is 1.22. The zero-order chi connectivity index (χ0) is 13.2. The maximum absolute atomic E-state index is 12.5. The second-order valence-electron chi connectivity index (χ2n) is 5.78. The highest BCUT2D eigenvalue weighted by Gasteiger charge is 2.35. The molecule has 20 heavy (non-hydrogen) atoms. The Morgan fingerprint density at radius 2 is 2.00 bits per heavy atom. The van der Waals surface area contributed by atoms with Crippen LogP contribution >= 0.6 is 12.4 Å². The van der Waals surface area contributed by atoms with Gasteiger partial charge in [-0.05, 0) is 49.9 Å². The van der Waals surface area contributed by atoms with E-state index < -0.39 is 0 Å². The number of piperidine rings is 1. The van der Waals surface area contributed by atoms with Crippen LogP contribution in [-0.4, -0.2) is 37.5 Å². The monoisotopic (exact) mass is 294 g/mol. The molecule has 1 aromatic carbocycles. The van der Waals surface area contributed by atoms with Gasteiger partial charge in [0.1, 0.15) is 0 Å². The molecule has 0 radical (unpaired) electrons. The summed E-state index contributed by atoms with van der Waals surface area (Å²) in [5, 5.41) is 3.24. The summed E-state index contributed by atoms with van der Waals surface area (Å²) in [6.45, 7) is 2.95. The van der Waals surface area contributed by atoms with Crippen LogP contribution < -0.4 is 5.32 Å². The van der Waals surface area contributed by atoms with E-state index in [0.29, 0.717) is 5.91 Å². The highest BCUT2D eigenvalue weighted by atomic mass is 35.5. The van der Waals surface area contributed by atoms with Crippen LogP contribution in [0.1, 0.15) is 29.9 Å². The molecule has 3 nitrogen and oxygen atoms in total. The summed E-state index contributed by atoms with van der Waals surface area (Å²) in [6, 6.07) is 8.34. The third-order valence-electron chi connectivity index (χ3n) is 4.57. The summed E-state index contributed by atoms with van der Waals surface area (Å²) in [5.41, 5.74) is 2.61. The molecular formula is C16H23ClN2O. The van der Waals surface area contributed by atoms with Crippen LogP contribution in [0.5, 0.6) is 0 Å². The molecule has 1 atom stereocenters. The SMILES string of the molecule is CNCC1CCN(C(=O)C2Cc3ccccc32)CC1.Cl. The molecule has 1 saturated heterocycles. The van der Waals surface area contributed by atoms with E-state index in [9.17, 15) is 4.79 Å². The second kappa shape index (κ2) is 6.59. The molecule has 0 saturated carbocycles. The number of rotatable bonds is 3. The van der Waals surface area contributed by atoms with Gasteiger partial charge in [0.15, 0.2) is 0 Å². The number of fused-ring (bicyclic) bond motifs is 1. The molecule has 0 aromatic heterocycles. The number of nitrogens with zero attached hydrogens (tertiary/aromatic N) is 1. The van der Waals surface area contributed by atoms with Gasteiger partial charge in [0, 0.05) is 13.1 Å². The maximum Gasteiger partial charge on any atom is 0.230 e. The molecule has 1 aliphatic heterocycles. The standard InChI is InChI=1S/C16H22N2O.ClH/c1-17-11-12-6-8-18(9-7-12)16(19)15-10-13-4-2-3-5-14(13)15;/h2-5,12,15,17H,6-11H2,1H3;1H. The lowest BCUT2D eigenvalue weighted by molar-refractivity contribution is -0.134. The maximum atomic E-state index is 12.5. The lowest BCUT2D eigenvalue weighted by Crippen LogP contribution is -2.44. The fraction of sp³-hybridized carbons (Fsp3) is 0.562. The number of halogens is 1. The molecule has 1 N–H and O–H groups in total. The number of benzene rings is 1. The molecule has 1 aromatic rings. The van der Waals surface area contributed by atoms with Crippen molar-refractivity contribution < 1.29 is 4.79 Å². The number of hydrogen-bond acceptors (Lipinski definition) is 2. The Kier molecular flexibility index (Phi) is 5.06. The Morgan fingerprint density at radius 3 is 2.65 bits per heavy atom. The van der Waals surface area contributed by atoms with Crippen molar-refractivity contribution in [2.75, 3.05) is 26.7 Å². The van der Waals surface area contributed by atoms with Crippen LogP contribution in [0.2, 0.25) is 0 Å². The molecular weight excluding hydrogens is 272 g/mol. The van der Waals surface area contributed by atoms with E-state index in [1.165, 1.54) is 11.1 Å². The van der Waals surface area contributed by atoms with Gasteiger partial charge in [-0.2, -0.15) is 0 Å². The van der Waals surface area contributed by atoms with Gasteiger partial charge in [-0.1, -0.05) is 24.3 Å². The first-order chi connectivity index (χ1) is 9.29.